The molecule has 0 bridgehead atoms. The molecule has 0 atom stereocenters. The third-order valence-corrected chi connectivity index (χ3v) is 5.65. The number of benzene rings is 3. The average Bonchev–Trinajstić information content (AvgIpc) is 3.32. The zero-order valence-corrected chi connectivity index (χ0v) is 19.6. The van der Waals surface area contributed by atoms with Crippen molar-refractivity contribution in [2.24, 2.45) is 0 Å². The highest BCUT2D eigenvalue weighted by atomic mass is 19.1. The van der Waals surface area contributed by atoms with Crippen LogP contribution in [0.3, 0.4) is 0 Å². The Morgan fingerprint density at radius 1 is 1.06 bits per heavy atom. The Morgan fingerprint density at radius 2 is 1.81 bits per heavy atom. The van der Waals surface area contributed by atoms with Crippen LogP contribution in [0.1, 0.15) is 35.0 Å². The van der Waals surface area contributed by atoms with Crippen LogP contribution in [0.2, 0.25) is 0 Å². The molecule has 3 aromatic carbocycles. The van der Waals surface area contributed by atoms with Crippen LogP contribution >= 0.6 is 0 Å². The van der Waals surface area contributed by atoms with Gasteiger partial charge in [-0.3, -0.25) is 4.79 Å². The second-order valence-corrected chi connectivity index (χ2v) is 8.32. The molecule has 8 heteroatoms. The Kier molecular flexibility index (Phi) is 7.61. The number of rotatable bonds is 8. The molecular formula is C28H23F2N5O. The fourth-order valence-corrected chi connectivity index (χ4v) is 3.75. The van der Waals surface area contributed by atoms with Crippen LogP contribution in [0.15, 0.2) is 84.7 Å². The first-order valence-electron chi connectivity index (χ1n) is 11.2. The maximum atomic E-state index is 14.5. The second kappa shape index (κ2) is 11.2. The highest BCUT2D eigenvalue weighted by Crippen LogP contribution is 2.18. The highest BCUT2D eigenvalue weighted by molar-refractivity contribution is 5.97. The molecule has 4 aromatic rings. The molecule has 6 nitrogen and oxygen atoms in total. The minimum atomic E-state index is -0.725. The van der Waals surface area contributed by atoms with Gasteiger partial charge in [0, 0.05) is 23.7 Å². The van der Waals surface area contributed by atoms with E-state index in [1.165, 1.54) is 17.0 Å². The van der Waals surface area contributed by atoms with Crippen LogP contribution in [0.25, 0.3) is 6.08 Å². The van der Waals surface area contributed by atoms with Crippen molar-refractivity contribution in [3.05, 3.63) is 124 Å². The summed E-state index contributed by atoms with van der Waals surface area (Å²) in [6, 6.07) is 21.9. The minimum Gasteiger partial charge on any atom is -0.327 e. The zero-order chi connectivity index (χ0) is 25.5. The van der Waals surface area contributed by atoms with E-state index in [4.69, 9.17) is 5.26 Å². The van der Waals surface area contributed by atoms with Crippen LogP contribution in [0.4, 0.5) is 8.78 Å². The molecule has 0 saturated heterocycles. The molecule has 36 heavy (non-hydrogen) atoms. The van der Waals surface area contributed by atoms with Gasteiger partial charge in [0.25, 0.3) is 0 Å². The predicted octanol–water partition coefficient (Wildman–Crippen LogP) is 5.11. The van der Waals surface area contributed by atoms with Crippen molar-refractivity contribution in [1.82, 2.24) is 19.7 Å². The molecule has 4 rings (SSSR count). The van der Waals surface area contributed by atoms with Gasteiger partial charge >= 0.3 is 0 Å². The van der Waals surface area contributed by atoms with Crippen LogP contribution in [0, 0.1) is 23.0 Å². The molecule has 0 aliphatic rings. The second-order valence-electron chi connectivity index (χ2n) is 8.32. The van der Waals surface area contributed by atoms with E-state index in [0.29, 0.717) is 23.5 Å². The molecule has 1 amide bonds. The summed E-state index contributed by atoms with van der Waals surface area (Å²) in [5, 5.41) is 17.2. The number of amides is 1. The number of hydrogen-bond donors (Lipinski definition) is 0. The summed E-state index contributed by atoms with van der Waals surface area (Å²) < 4.78 is 29.7. The predicted molar refractivity (Wildman–Crippen MR) is 131 cm³/mol. The van der Waals surface area contributed by atoms with E-state index in [1.807, 2.05) is 42.5 Å². The first kappa shape index (κ1) is 24.5. The van der Waals surface area contributed by atoms with Gasteiger partial charge in [-0.05, 0) is 42.3 Å². The standard InChI is InChI=1S/C28H23F2N5O/c1-20(13-21-5-3-2-4-6-21)28(36)34(17-24-11-12-25(29)14-26(24)30)18-27-33-32-19-35(27)16-23-9-7-22(15-31)8-10-23/h2-14,19H,16-18H2,1H3. The van der Waals surface area contributed by atoms with Crippen LogP contribution in [-0.4, -0.2) is 25.6 Å². The molecular weight excluding hydrogens is 460 g/mol. The number of carbonyl (C=O) groups excluding carboxylic acids is 1. The van der Waals surface area contributed by atoms with E-state index < -0.39 is 11.6 Å². The van der Waals surface area contributed by atoms with Crippen molar-refractivity contribution in [1.29, 1.82) is 5.26 Å². The molecule has 0 N–H and O–H groups in total. The highest BCUT2D eigenvalue weighted by Gasteiger charge is 2.21. The SMILES string of the molecule is CC(=Cc1ccccc1)C(=O)N(Cc1ccc(F)cc1F)Cc1nncn1Cc1ccc(C#N)cc1. The Hall–Kier alpha value is -4.64. The Labute approximate surface area is 207 Å². The van der Waals surface area contributed by atoms with Crippen molar-refractivity contribution in [3.8, 4) is 6.07 Å². The number of carbonyl (C=O) groups is 1. The van der Waals surface area contributed by atoms with Gasteiger partial charge in [-0.1, -0.05) is 48.5 Å². The topological polar surface area (TPSA) is 74.8 Å². The number of hydrogen-bond acceptors (Lipinski definition) is 4. The molecule has 0 spiro atoms. The van der Waals surface area contributed by atoms with Crippen molar-refractivity contribution < 1.29 is 13.6 Å². The molecule has 180 valence electrons. The lowest BCUT2D eigenvalue weighted by atomic mass is 10.1. The van der Waals surface area contributed by atoms with E-state index in [9.17, 15) is 13.6 Å². The molecule has 1 heterocycles. The maximum absolute atomic E-state index is 14.5. The number of halogens is 2. The summed E-state index contributed by atoms with van der Waals surface area (Å²) >= 11 is 0. The third kappa shape index (κ3) is 6.07. The number of nitrogens with zero attached hydrogens (tertiary/aromatic N) is 5. The molecule has 0 saturated carbocycles. The average molecular weight is 484 g/mol. The van der Waals surface area contributed by atoms with E-state index in [-0.39, 0.29) is 24.6 Å². The van der Waals surface area contributed by atoms with Gasteiger partial charge in [0.05, 0.1) is 24.7 Å². The van der Waals surface area contributed by atoms with Gasteiger partial charge in [0.2, 0.25) is 5.91 Å². The summed E-state index contributed by atoms with van der Waals surface area (Å²) in [5.41, 5.74) is 3.00. The maximum Gasteiger partial charge on any atom is 0.250 e. The van der Waals surface area contributed by atoms with Crippen molar-refractivity contribution in [2.45, 2.75) is 26.6 Å². The lowest BCUT2D eigenvalue weighted by Crippen LogP contribution is -2.32. The minimum absolute atomic E-state index is 0.0614. The molecule has 0 unspecified atom stereocenters. The molecule has 0 fully saturated rings. The van der Waals surface area contributed by atoms with Gasteiger partial charge in [0.15, 0.2) is 5.82 Å². The summed E-state index contributed by atoms with van der Waals surface area (Å²) in [5.74, 6) is -1.22. The summed E-state index contributed by atoms with van der Waals surface area (Å²) in [6.45, 7) is 2.12. The Morgan fingerprint density at radius 3 is 2.50 bits per heavy atom. The lowest BCUT2D eigenvalue weighted by molar-refractivity contribution is -0.128. The van der Waals surface area contributed by atoms with Crippen molar-refractivity contribution in [2.75, 3.05) is 0 Å². The third-order valence-electron chi connectivity index (χ3n) is 5.65. The smallest absolute Gasteiger partial charge is 0.250 e. The largest absolute Gasteiger partial charge is 0.327 e. The van der Waals surface area contributed by atoms with E-state index in [1.54, 1.807) is 36.0 Å². The van der Waals surface area contributed by atoms with Crippen LogP contribution < -0.4 is 0 Å². The fraction of sp³-hybridized carbons (Fsp3) is 0.143. The first-order valence-corrected chi connectivity index (χ1v) is 11.2. The molecule has 0 aliphatic heterocycles. The normalized spacial score (nSPS) is 11.2. The monoisotopic (exact) mass is 483 g/mol. The van der Waals surface area contributed by atoms with Crippen LogP contribution in [0.5, 0.6) is 0 Å². The summed E-state index contributed by atoms with van der Waals surface area (Å²) in [7, 11) is 0. The van der Waals surface area contributed by atoms with Gasteiger partial charge in [-0.2, -0.15) is 5.26 Å². The fourth-order valence-electron chi connectivity index (χ4n) is 3.75. The van der Waals surface area contributed by atoms with Gasteiger partial charge in [0.1, 0.15) is 18.0 Å². The zero-order valence-electron chi connectivity index (χ0n) is 19.6. The van der Waals surface area contributed by atoms with Gasteiger partial charge in [-0.15, -0.1) is 10.2 Å². The molecule has 1 aromatic heterocycles. The first-order chi connectivity index (χ1) is 17.4. The Balaban J connectivity index is 1.61. The quantitative estimate of drug-likeness (QED) is 0.327. The number of aromatic nitrogens is 3. The molecule has 0 radical (unpaired) electrons. The van der Waals surface area contributed by atoms with Crippen molar-refractivity contribution >= 4 is 12.0 Å². The van der Waals surface area contributed by atoms with Gasteiger partial charge in [-0.25, -0.2) is 8.78 Å². The van der Waals surface area contributed by atoms with Crippen LogP contribution in [-0.2, 0) is 24.4 Å². The van der Waals surface area contributed by atoms with Crippen molar-refractivity contribution in [3.63, 3.8) is 0 Å². The molecule has 0 aliphatic carbocycles. The Bertz CT molecular complexity index is 1420. The summed E-state index contributed by atoms with van der Waals surface area (Å²) in [4.78, 5) is 14.9. The number of nitriles is 1. The van der Waals surface area contributed by atoms with E-state index in [0.717, 1.165) is 17.2 Å². The lowest BCUT2D eigenvalue weighted by Gasteiger charge is -2.23. The van der Waals surface area contributed by atoms with Gasteiger partial charge < -0.3 is 9.47 Å². The summed E-state index contributed by atoms with van der Waals surface area (Å²) in [6.07, 6.45) is 3.32. The van der Waals surface area contributed by atoms with E-state index in [2.05, 4.69) is 16.3 Å². The van der Waals surface area contributed by atoms with E-state index >= 15 is 0 Å².